The highest BCUT2D eigenvalue weighted by Gasteiger charge is 2.24. The molecule has 3 rings (SSSR count). The van der Waals surface area contributed by atoms with E-state index in [0.29, 0.717) is 0 Å². The molecule has 0 saturated carbocycles. The van der Waals surface area contributed by atoms with E-state index in [4.69, 9.17) is 0 Å². The third-order valence-corrected chi connectivity index (χ3v) is 3.92. The second kappa shape index (κ2) is 5.56. The van der Waals surface area contributed by atoms with Gasteiger partial charge in [0.1, 0.15) is 0 Å². The molecule has 4 heteroatoms. The summed E-state index contributed by atoms with van der Waals surface area (Å²) < 4.78 is 0. The highest BCUT2D eigenvalue weighted by molar-refractivity contribution is 5.94. The SMILES string of the molecule is Cc1c(-c2ccccc2)[c]nc(C(=O)O)c1N1CCCC1. The first kappa shape index (κ1) is 13.6. The van der Waals surface area contributed by atoms with E-state index in [-0.39, 0.29) is 5.69 Å². The van der Waals surface area contributed by atoms with Crippen LogP contribution in [0.25, 0.3) is 11.1 Å². The van der Waals surface area contributed by atoms with Gasteiger partial charge in [-0.3, -0.25) is 0 Å². The Labute approximate surface area is 124 Å². The maximum Gasteiger partial charge on any atom is 0.356 e. The van der Waals surface area contributed by atoms with Crippen LogP contribution in [0.5, 0.6) is 0 Å². The minimum absolute atomic E-state index is 0.106. The minimum Gasteiger partial charge on any atom is -0.476 e. The molecule has 0 amide bonds. The number of aromatic nitrogens is 1. The van der Waals surface area contributed by atoms with E-state index in [1.54, 1.807) is 0 Å². The molecule has 107 valence electrons. The first-order valence-electron chi connectivity index (χ1n) is 7.14. The van der Waals surface area contributed by atoms with E-state index in [2.05, 4.69) is 16.1 Å². The lowest BCUT2D eigenvalue weighted by molar-refractivity contribution is 0.0691. The van der Waals surface area contributed by atoms with E-state index in [1.165, 1.54) is 0 Å². The van der Waals surface area contributed by atoms with Gasteiger partial charge < -0.3 is 10.0 Å². The summed E-state index contributed by atoms with van der Waals surface area (Å²) in [6.45, 7) is 3.74. The Hall–Kier alpha value is -2.36. The lowest BCUT2D eigenvalue weighted by atomic mass is 10.00. The zero-order valence-electron chi connectivity index (χ0n) is 12.0. The van der Waals surface area contributed by atoms with Gasteiger partial charge in [-0.1, -0.05) is 30.3 Å². The molecular weight excluding hydrogens is 264 g/mol. The van der Waals surface area contributed by atoms with Crippen LogP contribution in [-0.4, -0.2) is 29.1 Å². The van der Waals surface area contributed by atoms with Gasteiger partial charge in [-0.25, -0.2) is 9.78 Å². The summed E-state index contributed by atoms with van der Waals surface area (Å²) in [7, 11) is 0. The highest BCUT2D eigenvalue weighted by Crippen LogP contribution is 2.33. The Morgan fingerprint density at radius 3 is 2.52 bits per heavy atom. The van der Waals surface area contributed by atoms with Crippen LogP contribution in [0, 0.1) is 13.1 Å². The highest BCUT2D eigenvalue weighted by atomic mass is 16.4. The first-order valence-corrected chi connectivity index (χ1v) is 7.14. The normalized spacial score (nSPS) is 14.4. The molecule has 0 atom stereocenters. The summed E-state index contributed by atoms with van der Waals surface area (Å²) in [6.07, 6.45) is 5.10. The third-order valence-electron chi connectivity index (χ3n) is 3.92. The van der Waals surface area contributed by atoms with Gasteiger partial charge in [-0.15, -0.1) is 0 Å². The van der Waals surface area contributed by atoms with Gasteiger partial charge in [0.25, 0.3) is 0 Å². The van der Waals surface area contributed by atoms with Gasteiger partial charge in [-0.05, 0) is 30.9 Å². The second-order valence-corrected chi connectivity index (χ2v) is 5.29. The molecule has 1 aromatic heterocycles. The fourth-order valence-electron chi connectivity index (χ4n) is 2.91. The summed E-state index contributed by atoms with van der Waals surface area (Å²) in [6, 6.07) is 9.87. The summed E-state index contributed by atoms with van der Waals surface area (Å²) >= 11 is 0. The van der Waals surface area contributed by atoms with Crippen LogP contribution < -0.4 is 4.90 Å². The van der Waals surface area contributed by atoms with Crippen molar-refractivity contribution in [2.75, 3.05) is 18.0 Å². The summed E-state index contributed by atoms with van der Waals surface area (Å²) in [5, 5.41) is 9.40. The fraction of sp³-hybridized carbons (Fsp3) is 0.294. The number of carboxylic acid groups (broad SMARTS) is 1. The lowest BCUT2D eigenvalue weighted by Crippen LogP contribution is -2.23. The number of aromatic carboxylic acids is 1. The van der Waals surface area contributed by atoms with Gasteiger partial charge in [0.05, 0.1) is 11.9 Å². The van der Waals surface area contributed by atoms with Crippen molar-refractivity contribution in [1.82, 2.24) is 4.98 Å². The van der Waals surface area contributed by atoms with Crippen molar-refractivity contribution >= 4 is 11.7 Å². The Balaban J connectivity index is 2.16. The van der Waals surface area contributed by atoms with Gasteiger partial charge in [0.2, 0.25) is 0 Å². The molecule has 2 aromatic rings. The van der Waals surface area contributed by atoms with Crippen LogP contribution in [0.1, 0.15) is 28.9 Å². The molecule has 2 heterocycles. The first-order chi connectivity index (χ1) is 10.2. The standard InChI is InChI=1S/C17H17N2O2/c1-12-14(13-7-3-2-4-8-13)11-18-15(17(20)21)16(12)19-9-5-6-10-19/h2-4,7-8H,5-6,9-10H2,1H3,(H,20,21). The van der Waals surface area contributed by atoms with Crippen molar-refractivity contribution in [3.05, 3.63) is 47.8 Å². The van der Waals surface area contributed by atoms with Crippen molar-refractivity contribution in [1.29, 1.82) is 0 Å². The van der Waals surface area contributed by atoms with E-state index in [1.807, 2.05) is 37.3 Å². The maximum atomic E-state index is 11.5. The van der Waals surface area contributed by atoms with Gasteiger partial charge >= 0.3 is 5.97 Å². The summed E-state index contributed by atoms with van der Waals surface area (Å²) in [4.78, 5) is 17.7. The molecule has 0 unspecified atom stereocenters. The van der Waals surface area contributed by atoms with Gasteiger partial charge in [0, 0.05) is 18.7 Å². The molecule has 1 aliphatic heterocycles. The Morgan fingerprint density at radius 2 is 1.90 bits per heavy atom. The number of benzene rings is 1. The van der Waals surface area contributed by atoms with Crippen LogP contribution in [-0.2, 0) is 0 Å². The number of anilines is 1. The van der Waals surface area contributed by atoms with Crippen LogP contribution in [0.15, 0.2) is 30.3 Å². The average molecular weight is 281 g/mol. The molecule has 1 radical (unpaired) electrons. The smallest absolute Gasteiger partial charge is 0.356 e. The minimum atomic E-state index is -0.990. The lowest BCUT2D eigenvalue weighted by Gasteiger charge is -2.23. The van der Waals surface area contributed by atoms with Crippen molar-refractivity contribution in [2.24, 2.45) is 0 Å². The Morgan fingerprint density at radius 1 is 1.24 bits per heavy atom. The van der Waals surface area contributed by atoms with E-state index in [9.17, 15) is 9.90 Å². The van der Waals surface area contributed by atoms with Gasteiger partial charge in [-0.2, -0.15) is 0 Å². The molecule has 1 N–H and O–H groups in total. The monoisotopic (exact) mass is 281 g/mol. The number of carbonyl (C=O) groups is 1. The van der Waals surface area contributed by atoms with Crippen molar-refractivity contribution < 1.29 is 9.90 Å². The quantitative estimate of drug-likeness (QED) is 0.939. The van der Waals surface area contributed by atoms with Gasteiger partial charge in [0.15, 0.2) is 5.69 Å². The molecule has 1 aromatic carbocycles. The maximum absolute atomic E-state index is 11.5. The molecule has 1 saturated heterocycles. The van der Waals surface area contributed by atoms with Crippen LogP contribution in [0.4, 0.5) is 5.69 Å². The topological polar surface area (TPSA) is 53.4 Å². The predicted molar refractivity (Wildman–Crippen MR) is 81.7 cm³/mol. The molecule has 0 aliphatic carbocycles. The number of hydrogen-bond donors (Lipinski definition) is 1. The van der Waals surface area contributed by atoms with Crippen LogP contribution >= 0.6 is 0 Å². The van der Waals surface area contributed by atoms with Crippen LogP contribution in [0.2, 0.25) is 0 Å². The number of rotatable bonds is 3. The molecule has 1 fully saturated rings. The summed E-state index contributed by atoms with van der Waals surface area (Å²) in [5.74, 6) is -0.990. The number of nitrogens with zero attached hydrogens (tertiary/aromatic N) is 2. The molecular formula is C17H17N2O2. The van der Waals surface area contributed by atoms with E-state index >= 15 is 0 Å². The molecule has 0 bridgehead atoms. The van der Waals surface area contributed by atoms with E-state index in [0.717, 1.165) is 48.3 Å². The third kappa shape index (κ3) is 2.49. The second-order valence-electron chi connectivity index (χ2n) is 5.29. The zero-order chi connectivity index (χ0) is 14.8. The summed E-state index contributed by atoms with van der Waals surface area (Å²) in [5.41, 5.74) is 3.68. The number of pyridine rings is 1. The molecule has 0 spiro atoms. The fourth-order valence-corrected chi connectivity index (χ4v) is 2.91. The largest absolute Gasteiger partial charge is 0.476 e. The van der Waals surface area contributed by atoms with E-state index < -0.39 is 5.97 Å². The molecule has 4 nitrogen and oxygen atoms in total. The number of carboxylic acids is 1. The Kier molecular flexibility index (Phi) is 3.60. The zero-order valence-corrected chi connectivity index (χ0v) is 12.0. The molecule has 1 aliphatic rings. The van der Waals surface area contributed by atoms with Crippen LogP contribution in [0.3, 0.4) is 0 Å². The van der Waals surface area contributed by atoms with Crippen molar-refractivity contribution in [3.8, 4) is 11.1 Å². The van der Waals surface area contributed by atoms with Crippen molar-refractivity contribution in [2.45, 2.75) is 19.8 Å². The molecule has 21 heavy (non-hydrogen) atoms. The number of hydrogen-bond acceptors (Lipinski definition) is 3. The van der Waals surface area contributed by atoms with Crippen molar-refractivity contribution in [3.63, 3.8) is 0 Å². The average Bonchev–Trinajstić information content (AvgIpc) is 3.01. The Bertz CT molecular complexity index is 662. The predicted octanol–water partition coefficient (Wildman–Crippen LogP) is 3.16.